The minimum atomic E-state index is -4.53. The maximum absolute atomic E-state index is 12.6. The van der Waals surface area contributed by atoms with Crippen molar-refractivity contribution >= 4 is 5.91 Å². The first-order valence-corrected chi connectivity index (χ1v) is 6.83. The van der Waals surface area contributed by atoms with Crippen molar-refractivity contribution in [1.82, 2.24) is 9.47 Å². The molecule has 0 radical (unpaired) electrons. The third kappa shape index (κ3) is 3.86. The Morgan fingerprint density at radius 2 is 2.10 bits per heavy atom. The Morgan fingerprint density at radius 1 is 1.38 bits per heavy atom. The van der Waals surface area contributed by atoms with E-state index in [0.717, 1.165) is 29.5 Å². The van der Waals surface area contributed by atoms with Gasteiger partial charge in [0.25, 0.3) is 5.56 Å². The van der Waals surface area contributed by atoms with E-state index in [1.54, 1.807) is 4.90 Å². The van der Waals surface area contributed by atoms with Crippen LogP contribution in [0.5, 0.6) is 0 Å². The molecule has 1 aromatic heterocycles. The van der Waals surface area contributed by atoms with Crippen LogP contribution in [0.15, 0.2) is 23.1 Å². The fraction of sp³-hybridized carbons (Fsp3) is 0.571. The van der Waals surface area contributed by atoms with E-state index >= 15 is 0 Å². The second kappa shape index (κ2) is 5.91. The van der Waals surface area contributed by atoms with E-state index in [1.165, 1.54) is 0 Å². The summed E-state index contributed by atoms with van der Waals surface area (Å²) < 4.78 is 38.7. The molecule has 0 spiro atoms. The number of hydrogen-bond donors (Lipinski definition) is 0. The van der Waals surface area contributed by atoms with Crippen LogP contribution in [0.25, 0.3) is 0 Å². The number of carbonyl (C=O) groups is 1. The van der Waals surface area contributed by atoms with Crippen LogP contribution in [0, 0.1) is 5.92 Å². The molecule has 1 fully saturated rings. The van der Waals surface area contributed by atoms with Crippen LogP contribution >= 0.6 is 0 Å². The van der Waals surface area contributed by atoms with E-state index < -0.39 is 17.3 Å². The highest BCUT2D eigenvalue weighted by Crippen LogP contribution is 2.28. The van der Waals surface area contributed by atoms with Crippen LogP contribution in [-0.2, 0) is 17.5 Å². The molecule has 0 N–H and O–H groups in total. The van der Waals surface area contributed by atoms with Crippen molar-refractivity contribution in [3.63, 3.8) is 0 Å². The first-order valence-electron chi connectivity index (χ1n) is 6.83. The number of pyridine rings is 1. The fourth-order valence-electron chi connectivity index (χ4n) is 2.48. The van der Waals surface area contributed by atoms with Gasteiger partial charge in [0.05, 0.1) is 5.56 Å². The van der Waals surface area contributed by atoms with E-state index in [9.17, 15) is 22.8 Å². The third-order valence-electron chi connectivity index (χ3n) is 3.63. The minimum Gasteiger partial charge on any atom is -0.341 e. The summed E-state index contributed by atoms with van der Waals surface area (Å²) >= 11 is 0. The van der Waals surface area contributed by atoms with Gasteiger partial charge in [-0.05, 0) is 24.8 Å². The Hall–Kier alpha value is -1.79. The molecule has 1 aliphatic rings. The molecule has 2 heterocycles. The number of halogens is 3. The molecule has 7 heteroatoms. The number of amides is 1. The molecule has 0 saturated carbocycles. The zero-order chi connectivity index (χ0) is 15.6. The predicted molar refractivity (Wildman–Crippen MR) is 70.7 cm³/mol. The Balaban J connectivity index is 2.15. The molecule has 0 aliphatic carbocycles. The molecule has 116 valence electrons. The maximum Gasteiger partial charge on any atom is 0.417 e. The monoisotopic (exact) mass is 302 g/mol. The number of alkyl halides is 3. The molecule has 1 aliphatic heterocycles. The Morgan fingerprint density at radius 3 is 2.71 bits per heavy atom. The molecule has 0 unspecified atom stereocenters. The van der Waals surface area contributed by atoms with Gasteiger partial charge in [-0.3, -0.25) is 9.59 Å². The molecular weight excluding hydrogens is 285 g/mol. The summed E-state index contributed by atoms with van der Waals surface area (Å²) in [6, 6.07) is 1.57. The summed E-state index contributed by atoms with van der Waals surface area (Å²) in [5.74, 6) is 0.0592. The number of carbonyl (C=O) groups excluding carboxylic acids is 1. The van der Waals surface area contributed by atoms with Crippen LogP contribution < -0.4 is 5.56 Å². The summed E-state index contributed by atoms with van der Waals surface area (Å²) in [5, 5.41) is 0. The first-order chi connectivity index (χ1) is 9.77. The van der Waals surface area contributed by atoms with Crippen molar-refractivity contribution in [2.45, 2.75) is 32.5 Å². The van der Waals surface area contributed by atoms with Gasteiger partial charge in [0.1, 0.15) is 6.54 Å². The lowest BCUT2D eigenvalue weighted by atomic mass is 10.0. The van der Waals surface area contributed by atoms with Crippen molar-refractivity contribution in [1.29, 1.82) is 0 Å². The lowest BCUT2D eigenvalue weighted by molar-refractivity contribution is -0.139. The van der Waals surface area contributed by atoms with E-state index in [0.29, 0.717) is 25.2 Å². The molecule has 1 saturated heterocycles. The molecule has 2 rings (SSSR count). The largest absolute Gasteiger partial charge is 0.417 e. The van der Waals surface area contributed by atoms with Gasteiger partial charge in [-0.1, -0.05) is 6.92 Å². The second-order valence-electron chi connectivity index (χ2n) is 5.47. The van der Waals surface area contributed by atoms with Crippen LogP contribution in [0.4, 0.5) is 13.2 Å². The van der Waals surface area contributed by atoms with Crippen LogP contribution in [0.2, 0.25) is 0 Å². The van der Waals surface area contributed by atoms with Crippen LogP contribution in [0.1, 0.15) is 25.3 Å². The smallest absolute Gasteiger partial charge is 0.341 e. The molecule has 0 bridgehead atoms. The van der Waals surface area contributed by atoms with E-state index in [1.807, 2.05) is 6.92 Å². The minimum absolute atomic E-state index is 0.317. The Bertz CT molecular complexity index is 580. The average Bonchev–Trinajstić information content (AvgIpc) is 2.40. The van der Waals surface area contributed by atoms with Crippen LogP contribution in [0.3, 0.4) is 0 Å². The summed E-state index contributed by atoms with van der Waals surface area (Å²) in [6.45, 7) is 2.86. The maximum atomic E-state index is 12.6. The number of likely N-dealkylation sites (tertiary alicyclic amines) is 1. The first kappa shape index (κ1) is 15.6. The van der Waals surface area contributed by atoms with Crippen molar-refractivity contribution in [2.24, 2.45) is 5.92 Å². The molecule has 4 nitrogen and oxygen atoms in total. The van der Waals surface area contributed by atoms with E-state index in [-0.39, 0.29) is 12.5 Å². The normalized spacial score (nSPS) is 19.6. The lowest BCUT2D eigenvalue weighted by Gasteiger charge is -2.31. The highest BCUT2D eigenvalue weighted by atomic mass is 19.4. The number of piperidine rings is 1. The van der Waals surface area contributed by atoms with Crippen molar-refractivity contribution < 1.29 is 18.0 Å². The zero-order valence-corrected chi connectivity index (χ0v) is 11.7. The Kier molecular flexibility index (Phi) is 4.39. The molecule has 1 aromatic rings. The quantitative estimate of drug-likeness (QED) is 0.840. The topological polar surface area (TPSA) is 42.3 Å². The van der Waals surface area contributed by atoms with Gasteiger partial charge in [-0.15, -0.1) is 0 Å². The van der Waals surface area contributed by atoms with Gasteiger partial charge in [-0.25, -0.2) is 0 Å². The van der Waals surface area contributed by atoms with Gasteiger partial charge in [0, 0.05) is 25.4 Å². The van der Waals surface area contributed by atoms with Crippen molar-refractivity contribution in [3.8, 4) is 0 Å². The number of aromatic nitrogens is 1. The summed E-state index contributed by atoms with van der Waals surface area (Å²) in [6.07, 6.45) is -1.91. The second-order valence-corrected chi connectivity index (χ2v) is 5.47. The number of nitrogens with zero attached hydrogens (tertiary/aromatic N) is 2. The van der Waals surface area contributed by atoms with Gasteiger partial charge >= 0.3 is 6.18 Å². The van der Waals surface area contributed by atoms with Gasteiger partial charge in [0.2, 0.25) is 5.91 Å². The van der Waals surface area contributed by atoms with E-state index in [2.05, 4.69) is 0 Å². The van der Waals surface area contributed by atoms with Gasteiger partial charge in [-0.2, -0.15) is 13.2 Å². The fourth-order valence-corrected chi connectivity index (χ4v) is 2.48. The predicted octanol–water partition coefficient (Wildman–Crippen LogP) is 2.13. The van der Waals surface area contributed by atoms with Gasteiger partial charge < -0.3 is 9.47 Å². The summed E-state index contributed by atoms with van der Waals surface area (Å²) in [4.78, 5) is 25.3. The third-order valence-corrected chi connectivity index (χ3v) is 3.63. The van der Waals surface area contributed by atoms with Crippen molar-refractivity contribution in [2.75, 3.05) is 13.1 Å². The highest BCUT2D eigenvalue weighted by Gasteiger charge is 2.31. The average molecular weight is 302 g/mol. The SMILES string of the molecule is C[C@@H]1CCCN(C(=O)Cn2cc(C(F)(F)F)ccc2=O)C1. The highest BCUT2D eigenvalue weighted by molar-refractivity contribution is 5.76. The Labute approximate surface area is 120 Å². The lowest BCUT2D eigenvalue weighted by Crippen LogP contribution is -2.42. The molecule has 1 amide bonds. The van der Waals surface area contributed by atoms with Crippen molar-refractivity contribution in [3.05, 3.63) is 34.2 Å². The zero-order valence-electron chi connectivity index (χ0n) is 11.7. The van der Waals surface area contributed by atoms with Crippen LogP contribution in [-0.4, -0.2) is 28.5 Å². The number of rotatable bonds is 2. The van der Waals surface area contributed by atoms with Gasteiger partial charge in [0.15, 0.2) is 0 Å². The summed E-state index contributed by atoms with van der Waals surface area (Å²) in [5.41, 5.74) is -1.54. The number of hydrogen-bond acceptors (Lipinski definition) is 2. The standard InChI is InChI=1S/C14H17F3N2O2/c1-10-3-2-6-18(7-10)13(21)9-19-8-11(14(15,16)17)4-5-12(19)20/h4-5,8,10H,2-3,6-7,9H2,1H3/t10-/m1/s1. The molecule has 1 atom stereocenters. The molecule has 21 heavy (non-hydrogen) atoms. The van der Waals surface area contributed by atoms with E-state index in [4.69, 9.17) is 0 Å². The molecule has 0 aromatic carbocycles. The molecular formula is C14H17F3N2O2. The summed E-state index contributed by atoms with van der Waals surface area (Å²) in [7, 11) is 0.